The molecule has 2 aromatic carbocycles. The number of rotatable bonds is 6. The summed E-state index contributed by atoms with van der Waals surface area (Å²) >= 11 is 0. The molecule has 1 nitrogen and oxygen atoms in total. The molecule has 1 aliphatic rings. The Balaban J connectivity index is 1.88. The maximum Gasteiger partial charge on any atom is 0.0384 e. The lowest BCUT2D eigenvalue weighted by molar-refractivity contribution is 1.34. The van der Waals surface area contributed by atoms with E-state index in [4.69, 9.17) is 0 Å². The molecule has 0 radical (unpaired) electrons. The summed E-state index contributed by atoms with van der Waals surface area (Å²) in [5.41, 5.74) is 6.60. The third-order valence-corrected chi connectivity index (χ3v) is 4.26. The fourth-order valence-electron chi connectivity index (χ4n) is 2.96. The van der Waals surface area contributed by atoms with E-state index in [-0.39, 0.29) is 0 Å². The van der Waals surface area contributed by atoms with Crippen molar-refractivity contribution < 1.29 is 0 Å². The smallest absolute Gasteiger partial charge is 0.0384 e. The van der Waals surface area contributed by atoms with Gasteiger partial charge in [0.25, 0.3) is 0 Å². The van der Waals surface area contributed by atoms with Crippen LogP contribution in [0.25, 0.3) is 11.1 Å². The number of hydrogen-bond donors (Lipinski definition) is 1. The van der Waals surface area contributed by atoms with E-state index in [1.54, 1.807) is 0 Å². The molecule has 0 heterocycles. The molecule has 0 aliphatic heterocycles. The van der Waals surface area contributed by atoms with Gasteiger partial charge in [0.1, 0.15) is 0 Å². The molecule has 3 rings (SSSR count). The highest BCUT2D eigenvalue weighted by molar-refractivity contribution is 5.99. The zero-order chi connectivity index (χ0) is 18.2. The van der Waals surface area contributed by atoms with Gasteiger partial charge in [-0.25, -0.2) is 0 Å². The Bertz CT molecular complexity index is 891. The molecular weight excluding hydrogens is 314 g/mol. The van der Waals surface area contributed by atoms with Gasteiger partial charge in [0.05, 0.1) is 0 Å². The van der Waals surface area contributed by atoms with Crippen molar-refractivity contribution in [1.29, 1.82) is 0 Å². The molecule has 0 aromatic heterocycles. The lowest BCUT2D eigenvalue weighted by atomic mass is 9.94. The predicted octanol–water partition coefficient (Wildman–Crippen LogP) is 6.78. The van der Waals surface area contributed by atoms with E-state index >= 15 is 0 Å². The van der Waals surface area contributed by atoms with Crippen LogP contribution in [0.1, 0.15) is 17.5 Å². The maximum absolute atomic E-state index is 4.01. The van der Waals surface area contributed by atoms with E-state index in [9.17, 15) is 0 Å². The molecule has 2 aromatic rings. The highest BCUT2D eigenvalue weighted by Crippen LogP contribution is 2.29. The molecular formula is C25H23N. The first-order chi connectivity index (χ1) is 12.8. The normalized spacial score (nSPS) is 14.1. The Morgan fingerprint density at radius 1 is 0.808 bits per heavy atom. The second-order valence-corrected chi connectivity index (χ2v) is 5.99. The number of allylic oxidation sites excluding steroid dienone is 9. The Morgan fingerprint density at radius 3 is 2.12 bits per heavy atom. The molecule has 0 saturated carbocycles. The van der Waals surface area contributed by atoms with Crippen LogP contribution < -0.4 is 5.32 Å². The zero-order valence-electron chi connectivity index (χ0n) is 14.9. The van der Waals surface area contributed by atoms with Gasteiger partial charge in [-0.05, 0) is 46.9 Å². The van der Waals surface area contributed by atoms with Crippen molar-refractivity contribution >= 4 is 16.8 Å². The SMILES string of the molecule is C=C/C(=C(\C=C)c1ccc(NC2=CCC=CC=C2)cc1)c1ccccc1. The Labute approximate surface area is 156 Å². The first-order valence-electron chi connectivity index (χ1n) is 8.77. The van der Waals surface area contributed by atoms with E-state index in [2.05, 4.69) is 85.3 Å². The van der Waals surface area contributed by atoms with Gasteiger partial charge in [0.2, 0.25) is 0 Å². The Hall–Kier alpha value is -3.32. The summed E-state index contributed by atoms with van der Waals surface area (Å²) < 4.78 is 0. The molecule has 1 heteroatoms. The van der Waals surface area contributed by atoms with Crippen LogP contribution in [0.2, 0.25) is 0 Å². The summed E-state index contributed by atoms with van der Waals surface area (Å²) in [5, 5.41) is 3.45. The van der Waals surface area contributed by atoms with Crippen LogP contribution in [0.5, 0.6) is 0 Å². The van der Waals surface area contributed by atoms with E-state index in [0.29, 0.717) is 0 Å². The molecule has 0 bridgehead atoms. The van der Waals surface area contributed by atoms with Crippen LogP contribution in [0.4, 0.5) is 5.69 Å². The van der Waals surface area contributed by atoms with Gasteiger partial charge in [0.15, 0.2) is 0 Å². The summed E-state index contributed by atoms with van der Waals surface area (Å²) in [6, 6.07) is 18.7. The van der Waals surface area contributed by atoms with Gasteiger partial charge in [0, 0.05) is 11.4 Å². The van der Waals surface area contributed by atoms with E-state index < -0.39 is 0 Å². The standard InChI is InChI=1S/C25H23N/c1-3-24(20-12-8-7-9-13-20)25(4-2)21-16-18-23(19-17-21)26-22-14-10-5-6-11-15-22/h3-10,12-19,26H,1-2,11H2/b25-24-. The second kappa shape index (κ2) is 8.68. The molecule has 0 unspecified atom stereocenters. The Kier molecular flexibility index (Phi) is 5.84. The second-order valence-electron chi connectivity index (χ2n) is 5.99. The summed E-state index contributed by atoms with van der Waals surface area (Å²) in [7, 11) is 0. The van der Waals surface area contributed by atoms with Crippen molar-refractivity contribution in [1.82, 2.24) is 0 Å². The topological polar surface area (TPSA) is 12.0 Å². The first kappa shape index (κ1) is 17.5. The van der Waals surface area contributed by atoms with Crippen LogP contribution in [0.15, 0.2) is 116 Å². The fraction of sp³-hybridized carbons (Fsp3) is 0.0400. The minimum atomic E-state index is 0.941. The van der Waals surface area contributed by atoms with Crippen molar-refractivity contribution in [2.45, 2.75) is 6.42 Å². The molecule has 0 spiro atoms. The number of nitrogens with one attached hydrogen (secondary N) is 1. The highest BCUT2D eigenvalue weighted by atomic mass is 14.9. The number of benzene rings is 2. The number of anilines is 1. The average molecular weight is 337 g/mol. The van der Waals surface area contributed by atoms with Crippen molar-refractivity contribution in [3.63, 3.8) is 0 Å². The lowest BCUT2D eigenvalue weighted by Crippen LogP contribution is -1.97. The van der Waals surface area contributed by atoms with E-state index in [0.717, 1.165) is 40.1 Å². The third kappa shape index (κ3) is 4.20. The summed E-state index contributed by atoms with van der Waals surface area (Å²) in [6.07, 6.45) is 15.2. The van der Waals surface area contributed by atoms with Gasteiger partial charge < -0.3 is 5.32 Å². The zero-order valence-corrected chi connectivity index (χ0v) is 14.9. The fourth-order valence-corrected chi connectivity index (χ4v) is 2.96. The molecule has 0 atom stereocenters. The maximum atomic E-state index is 4.01. The molecule has 0 fully saturated rings. The average Bonchev–Trinajstić information content (AvgIpc) is 2.96. The van der Waals surface area contributed by atoms with Gasteiger partial charge in [-0.1, -0.05) is 92.1 Å². The van der Waals surface area contributed by atoms with Crippen molar-refractivity contribution in [3.8, 4) is 0 Å². The molecule has 26 heavy (non-hydrogen) atoms. The highest BCUT2D eigenvalue weighted by Gasteiger charge is 2.06. The Morgan fingerprint density at radius 2 is 1.46 bits per heavy atom. The van der Waals surface area contributed by atoms with E-state index in [1.807, 2.05) is 30.4 Å². The first-order valence-corrected chi connectivity index (χ1v) is 8.77. The summed E-state index contributed by atoms with van der Waals surface area (Å²) in [5.74, 6) is 0. The minimum Gasteiger partial charge on any atom is -0.356 e. The molecule has 128 valence electrons. The minimum absolute atomic E-state index is 0.941. The van der Waals surface area contributed by atoms with Crippen molar-refractivity contribution in [2.24, 2.45) is 0 Å². The van der Waals surface area contributed by atoms with Gasteiger partial charge in [-0.15, -0.1) is 0 Å². The van der Waals surface area contributed by atoms with Gasteiger partial charge >= 0.3 is 0 Å². The summed E-state index contributed by atoms with van der Waals surface area (Å²) in [4.78, 5) is 0. The van der Waals surface area contributed by atoms with Gasteiger partial charge in [-0.3, -0.25) is 0 Å². The predicted molar refractivity (Wildman–Crippen MR) is 115 cm³/mol. The molecule has 0 amide bonds. The molecule has 1 N–H and O–H groups in total. The van der Waals surface area contributed by atoms with E-state index in [1.165, 1.54) is 0 Å². The quantitative estimate of drug-likeness (QED) is 0.452. The van der Waals surface area contributed by atoms with Crippen LogP contribution in [-0.2, 0) is 0 Å². The monoisotopic (exact) mass is 337 g/mol. The van der Waals surface area contributed by atoms with Crippen LogP contribution in [0, 0.1) is 0 Å². The largest absolute Gasteiger partial charge is 0.356 e. The summed E-state index contributed by atoms with van der Waals surface area (Å²) in [6.45, 7) is 8.01. The molecule has 1 aliphatic carbocycles. The van der Waals surface area contributed by atoms with Crippen molar-refractivity contribution in [2.75, 3.05) is 5.32 Å². The van der Waals surface area contributed by atoms with Crippen LogP contribution in [-0.4, -0.2) is 0 Å². The molecule has 0 saturated heterocycles. The van der Waals surface area contributed by atoms with Gasteiger partial charge in [-0.2, -0.15) is 0 Å². The lowest BCUT2D eigenvalue weighted by Gasteiger charge is -2.12. The third-order valence-electron chi connectivity index (χ3n) is 4.26. The van der Waals surface area contributed by atoms with Crippen molar-refractivity contribution in [3.05, 3.63) is 127 Å². The van der Waals surface area contributed by atoms with Crippen LogP contribution in [0.3, 0.4) is 0 Å². The van der Waals surface area contributed by atoms with Crippen LogP contribution >= 0.6 is 0 Å². The number of hydrogen-bond acceptors (Lipinski definition) is 1.